The predicted molar refractivity (Wildman–Crippen MR) is 105 cm³/mol. The molecule has 2 aliphatic heterocycles. The third kappa shape index (κ3) is 5.10. The van der Waals surface area contributed by atoms with Crippen molar-refractivity contribution in [3.63, 3.8) is 0 Å². The maximum Gasteiger partial charge on any atom is 0.304 e. The summed E-state index contributed by atoms with van der Waals surface area (Å²) in [6, 6.07) is 5.49. The van der Waals surface area contributed by atoms with Gasteiger partial charge in [-0.3, -0.25) is 14.4 Å². The highest BCUT2D eigenvalue weighted by Gasteiger charge is 2.27. The van der Waals surface area contributed by atoms with Gasteiger partial charge < -0.3 is 20.6 Å². The van der Waals surface area contributed by atoms with E-state index in [0.29, 0.717) is 24.4 Å². The molecule has 28 heavy (non-hydrogen) atoms. The molecule has 7 nitrogen and oxygen atoms in total. The van der Waals surface area contributed by atoms with Crippen molar-refractivity contribution in [2.75, 3.05) is 26.7 Å². The van der Waals surface area contributed by atoms with Crippen molar-refractivity contribution in [2.24, 2.45) is 11.8 Å². The zero-order valence-electron chi connectivity index (χ0n) is 16.4. The number of rotatable bonds is 6. The lowest BCUT2D eigenvalue weighted by Crippen LogP contribution is -2.32. The minimum Gasteiger partial charge on any atom is -0.481 e. The predicted octanol–water partition coefficient (Wildman–Crippen LogP) is 1.41. The Bertz CT molecular complexity index is 743. The number of benzene rings is 1. The van der Waals surface area contributed by atoms with Gasteiger partial charge in [0, 0.05) is 25.7 Å². The van der Waals surface area contributed by atoms with Crippen LogP contribution in [0.15, 0.2) is 18.2 Å². The van der Waals surface area contributed by atoms with E-state index < -0.39 is 11.9 Å². The highest BCUT2D eigenvalue weighted by molar-refractivity contribution is 5.94. The minimum atomic E-state index is -0.992. The van der Waals surface area contributed by atoms with Crippen LogP contribution in [0.4, 0.5) is 0 Å². The number of fused-ring (bicyclic) bond motifs is 1. The third-order valence-corrected chi connectivity index (χ3v) is 5.84. The van der Waals surface area contributed by atoms with Gasteiger partial charge >= 0.3 is 5.97 Å². The molecule has 0 aromatic heterocycles. The Hall–Kier alpha value is -2.41. The Morgan fingerprint density at radius 3 is 2.68 bits per heavy atom. The molecule has 1 unspecified atom stereocenters. The van der Waals surface area contributed by atoms with Crippen molar-refractivity contribution in [2.45, 2.75) is 38.6 Å². The molecule has 0 radical (unpaired) electrons. The minimum absolute atomic E-state index is 0.0324. The van der Waals surface area contributed by atoms with Crippen LogP contribution in [-0.2, 0) is 22.6 Å². The first kappa shape index (κ1) is 20.3. The molecule has 1 atom stereocenters. The van der Waals surface area contributed by atoms with Gasteiger partial charge in [0.15, 0.2) is 0 Å². The molecule has 2 aliphatic rings. The van der Waals surface area contributed by atoms with Crippen LogP contribution in [0.25, 0.3) is 0 Å². The Morgan fingerprint density at radius 1 is 1.21 bits per heavy atom. The monoisotopic (exact) mass is 387 g/mol. The van der Waals surface area contributed by atoms with Gasteiger partial charge in [-0.25, -0.2) is 0 Å². The average Bonchev–Trinajstić information content (AvgIpc) is 2.84. The van der Waals surface area contributed by atoms with Gasteiger partial charge in [-0.15, -0.1) is 0 Å². The van der Waals surface area contributed by atoms with E-state index >= 15 is 0 Å². The Labute approximate surface area is 165 Å². The van der Waals surface area contributed by atoms with Crippen molar-refractivity contribution in [1.29, 1.82) is 0 Å². The fourth-order valence-corrected chi connectivity index (χ4v) is 4.05. The Morgan fingerprint density at radius 2 is 1.96 bits per heavy atom. The number of piperidine rings is 1. The average molecular weight is 387 g/mol. The number of aliphatic carboxylic acids is 1. The van der Waals surface area contributed by atoms with E-state index in [2.05, 4.69) is 10.6 Å². The molecule has 152 valence electrons. The molecule has 1 aromatic rings. The van der Waals surface area contributed by atoms with E-state index in [1.807, 2.05) is 19.2 Å². The molecule has 3 rings (SSSR count). The summed E-state index contributed by atoms with van der Waals surface area (Å²) in [7, 11) is 1.83. The summed E-state index contributed by atoms with van der Waals surface area (Å²) in [6.07, 6.45) is 3.46. The van der Waals surface area contributed by atoms with Crippen molar-refractivity contribution >= 4 is 17.8 Å². The first-order valence-corrected chi connectivity index (χ1v) is 10.0. The zero-order chi connectivity index (χ0) is 20.1. The number of carbonyl (C=O) groups excluding carboxylic acids is 2. The van der Waals surface area contributed by atoms with Gasteiger partial charge in [0.2, 0.25) is 5.91 Å². The molecule has 0 saturated carbocycles. The number of hydrogen-bond acceptors (Lipinski definition) is 4. The summed E-state index contributed by atoms with van der Waals surface area (Å²) >= 11 is 0. The summed E-state index contributed by atoms with van der Waals surface area (Å²) in [5.74, 6) is -1.21. The molecule has 1 saturated heterocycles. The third-order valence-electron chi connectivity index (χ3n) is 5.84. The van der Waals surface area contributed by atoms with Crippen LogP contribution < -0.4 is 10.6 Å². The van der Waals surface area contributed by atoms with Crippen LogP contribution in [-0.4, -0.2) is 54.5 Å². The van der Waals surface area contributed by atoms with Gasteiger partial charge in [-0.1, -0.05) is 6.07 Å². The summed E-state index contributed by atoms with van der Waals surface area (Å²) in [6.45, 7) is 3.20. The number of amides is 2. The van der Waals surface area contributed by atoms with Gasteiger partial charge in [0.1, 0.15) is 0 Å². The standard InChI is InChI=1S/C21H29N3O4/c1-24(9-6-14-4-7-22-8-5-14)21(28)15-2-3-16-13-23-20(27)18(12-19(25)26)11-17(16)10-15/h2-3,10,14,18,22H,4-9,11-13H2,1H3,(H,23,27)(H,25,26). The summed E-state index contributed by atoms with van der Waals surface area (Å²) in [4.78, 5) is 37.8. The van der Waals surface area contributed by atoms with E-state index in [0.717, 1.165) is 50.0 Å². The molecule has 2 heterocycles. The topological polar surface area (TPSA) is 98.7 Å². The number of carbonyl (C=O) groups is 3. The Balaban J connectivity index is 1.66. The second-order valence-electron chi connectivity index (χ2n) is 7.91. The summed E-state index contributed by atoms with van der Waals surface area (Å²) < 4.78 is 0. The molecule has 2 amide bonds. The number of hydrogen-bond donors (Lipinski definition) is 3. The van der Waals surface area contributed by atoms with Gasteiger partial charge in [-0.2, -0.15) is 0 Å². The van der Waals surface area contributed by atoms with E-state index in [1.165, 1.54) is 0 Å². The normalized spacial score (nSPS) is 20.0. The van der Waals surface area contributed by atoms with Crippen molar-refractivity contribution in [3.8, 4) is 0 Å². The van der Waals surface area contributed by atoms with E-state index in [4.69, 9.17) is 5.11 Å². The van der Waals surface area contributed by atoms with Gasteiger partial charge in [-0.05, 0) is 68.0 Å². The lowest BCUT2D eigenvalue weighted by molar-refractivity contribution is -0.141. The maximum atomic E-state index is 12.8. The highest BCUT2D eigenvalue weighted by Crippen LogP contribution is 2.23. The molecular weight excluding hydrogens is 358 g/mol. The maximum absolute atomic E-state index is 12.8. The van der Waals surface area contributed by atoms with Crippen molar-refractivity contribution in [1.82, 2.24) is 15.5 Å². The second kappa shape index (κ2) is 9.19. The Kier molecular flexibility index (Phi) is 6.67. The summed E-state index contributed by atoms with van der Waals surface area (Å²) in [5.41, 5.74) is 2.41. The molecule has 0 bridgehead atoms. The smallest absolute Gasteiger partial charge is 0.304 e. The second-order valence-corrected chi connectivity index (χ2v) is 7.91. The first-order chi connectivity index (χ1) is 13.4. The first-order valence-electron chi connectivity index (χ1n) is 10.0. The largest absolute Gasteiger partial charge is 0.481 e. The van der Waals surface area contributed by atoms with Gasteiger partial charge in [0.25, 0.3) is 5.91 Å². The molecule has 1 aromatic carbocycles. The molecule has 1 fully saturated rings. The number of carboxylic acids is 1. The van der Waals surface area contributed by atoms with E-state index in [9.17, 15) is 14.4 Å². The van der Waals surface area contributed by atoms with Crippen LogP contribution in [0.3, 0.4) is 0 Å². The molecule has 3 N–H and O–H groups in total. The van der Waals surface area contributed by atoms with Crippen molar-refractivity contribution in [3.05, 3.63) is 34.9 Å². The van der Waals surface area contributed by atoms with Crippen LogP contribution in [0.5, 0.6) is 0 Å². The van der Waals surface area contributed by atoms with Crippen LogP contribution >= 0.6 is 0 Å². The highest BCUT2D eigenvalue weighted by atomic mass is 16.4. The van der Waals surface area contributed by atoms with Crippen LogP contribution in [0, 0.1) is 11.8 Å². The quantitative estimate of drug-likeness (QED) is 0.686. The molecular formula is C21H29N3O4. The lowest BCUT2D eigenvalue weighted by Gasteiger charge is -2.25. The SMILES string of the molecule is CN(CCC1CCNCC1)C(=O)c1ccc2c(c1)CC(CC(=O)O)C(=O)NC2. The number of nitrogens with one attached hydrogen (secondary N) is 2. The van der Waals surface area contributed by atoms with Crippen LogP contribution in [0.2, 0.25) is 0 Å². The summed E-state index contributed by atoms with van der Waals surface area (Å²) in [5, 5.41) is 15.2. The number of nitrogens with zero attached hydrogens (tertiary/aromatic N) is 1. The van der Waals surface area contributed by atoms with Crippen molar-refractivity contribution < 1.29 is 19.5 Å². The fraction of sp³-hybridized carbons (Fsp3) is 0.571. The van der Waals surface area contributed by atoms with Gasteiger partial charge in [0.05, 0.1) is 12.3 Å². The molecule has 7 heteroatoms. The van der Waals surface area contributed by atoms with Crippen LogP contribution in [0.1, 0.15) is 47.2 Å². The fourth-order valence-electron chi connectivity index (χ4n) is 4.05. The molecule has 0 spiro atoms. The zero-order valence-corrected chi connectivity index (χ0v) is 16.4. The number of carboxylic acid groups (broad SMARTS) is 1. The van der Waals surface area contributed by atoms with E-state index in [1.54, 1.807) is 11.0 Å². The molecule has 0 aliphatic carbocycles. The van der Waals surface area contributed by atoms with E-state index in [-0.39, 0.29) is 18.2 Å². The lowest BCUT2D eigenvalue weighted by atomic mass is 9.92.